The lowest BCUT2D eigenvalue weighted by Crippen LogP contribution is -2.50. The lowest BCUT2D eigenvalue weighted by molar-refractivity contribution is -0.125. The SMILES string of the molecule is COCC(N)C(=O)NC(C)(C)c1cccc(F)c1. The third kappa shape index (κ3) is 3.78. The fourth-order valence-corrected chi connectivity index (χ4v) is 1.61. The molecule has 0 aliphatic heterocycles. The summed E-state index contributed by atoms with van der Waals surface area (Å²) in [5, 5.41) is 2.77. The molecule has 0 aliphatic carbocycles. The van der Waals surface area contributed by atoms with Crippen LogP contribution in [-0.4, -0.2) is 25.7 Å². The van der Waals surface area contributed by atoms with Crippen molar-refractivity contribution in [3.8, 4) is 0 Å². The molecule has 0 fully saturated rings. The van der Waals surface area contributed by atoms with E-state index in [0.717, 1.165) is 0 Å². The van der Waals surface area contributed by atoms with Crippen molar-refractivity contribution in [3.63, 3.8) is 0 Å². The van der Waals surface area contributed by atoms with E-state index in [1.807, 2.05) is 0 Å². The number of benzene rings is 1. The first kappa shape index (κ1) is 14.6. The lowest BCUT2D eigenvalue weighted by atomic mass is 9.94. The van der Waals surface area contributed by atoms with Crippen LogP contribution in [0.2, 0.25) is 0 Å². The highest BCUT2D eigenvalue weighted by Crippen LogP contribution is 2.20. The van der Waals surface area contributed by atoms with E-state index in [1.165, 1.54) is 19.2 Å². The molecular weight excluding hydrogens is 235 g/mol. The molecule has 0 bridgehead atoms. The van der Waals surface area contributed by atoms with Crippen LogP contribution in [0.1, 0.15) is 19.4 Å². The van der Waals surface area contributed by atoms with Crippen LogP contribution in [-0.2, 0) is 15.1 Å². The summed E-state index contributed by atoms with van der Waals surface area (Å²) in [6.45, 7) is 3.73. The van der Waals surface area contributed by atoms with Crippen LogP contribution in [0.15, 0.2) is 24.3 Å². The predicted octanol–water partition coefficient (Wildman–Crippen LogP) is 1.15. The number of nitrogens with one attached hydrogen (secondary N) is 1. The standard InChI is InChI=1S/C13H19FN2O2/c1-13(2,9-5-4-6-10(14)7-9)16-12(17)11(15)8-18-3/h4-7,11H,8,15H2,1-3H3,(H,16,17). The van der Waals surface area contributed by atoms with E-state index in [9.17, 15) is 9.18 Å². The van der Waals surface area contributed by atoms with E-state index in [0.29, 0.717) is 5.56 Å². The molecule has 1 atom stereocenters. The summed E-state index contributed by atoms with van der Waals surface area (Å²) in [4.78, 5) is 11.8. The van der Waals surface area contributed by atoms with Gasteiger partial charge in [0.15, 0.2) is 0 Å². The van der Waals surface area contributed by atoms with Gasteiger partial charge in [0.2, 0.25) is 5.91 Å². The number of ether oxygens (including phenoxy) is 1. The van der Waals surface area contributed by atoms with Crippen LogP contribution >= 0.6 is 0 Å². The summed E-state index contributed by atoms with van der Waals surface area (Å²) < 4.78 is 18.0. The van der Waals surface area contributed by atoms with Gasteiger partial charge in [-0.15, -0.1) is 0 Å². The Labute approximate surface area is 106 Å². The van der Waals surface area contributed by atoms with Crippen molar-refractivity contribution in [1.82, 2.24) is 5.32 Å². The first-order valence-electron chi connectivity index (χ1n) is 5.69. The van der Waals surface area contributed by atoms with Gasteiger partial charge < -0.3 is 15.8 Å². The number of hydrogen-bond acceptors (Lipinski definition) is 3. The maximum atomic E-state index is 13.2. The summed E-state index contributed by atoms with van der Waals surface area (Å²) in [6.07, 6.45) is 0. The van der Waals surface area contributed by atoms with E-state index < -0.39 is 11.6 Å². The van der Waals surface area contributed by atoms with E-state index >= 15 is 0 Å². The van der Waals surface area contributed by atoms with Gasteiger partial charge in [0.25, 0.3) is 0 Å². The Balaban J connectivity index is 2.78. The van der Waals surface area contributed by atoms with Gasteiger partial charge in [0.05, 0.1) is 12.1 Å². The van der Waals surface area contributed by atoms with Crippen LogP contribution in [0.25, 0.3) is 0 Å². The van der Waals surface area contributed by atoms with Crippen molar-refractivity contribution in [3.05, 3.63) is 35.6 Å². The van der Waals surface area contributed by atoms with Crippen molar-refractivity contribution in [2.45, 2.75) is 25.4 Å². The third-order valence-electron chi connectivity index (χ3n) is 2.67. The van der Waals surface area contributed by atoms with Crippen molar-refractivity contribution >= 4 is 5.91 Å². The molecule has 1 rings (SSSR count). The predicted molar refractivity (Wildman–Crippen MR) is 67.4 cm³/mol. The van der Waals surface area contributed by atoms with Crippen LogP contribution in [0, 0.1) is 5.82 Å². The van der Waals surface area contributed by atoms with Crippen molar-refractivity contribution in [2.24, 2.45) is 5.73 Å². The Morgan fingerprint density at radius 3 is 2.78 bits per heavy atom. The zero-order chi connectivity index (χ0) is 13.8. The van der Waals surface area contributed by atoms with Gasteiger partial charge in [0, 0.05) is 7.11 Å². The second-order valence-corrected chi connectivity index (χ2v) is 4.69. The number of halogens is 1. The number of rotatable bonds is 5. The normalized spacial score (nSPS) is 13.2. The van der Waals surface area contributed by atoms with Crippen LogP contribution in [0.3, 0.4) is 0 Å². The molecule has 1 unspecified atom stereocenters. The van der Waals surface area contributed by atoms with Gasteiger partial charge in [-0.25, -0.2) is 4.39 Å². The Hall–Kier alpha value is -1.46. The summed E-state index contributed by atoms with van der Waals surface area (Å²) >= 11 is 0. The highest BCUT2D eigenvalue weighted by atomic mass is 19.1. The molecule has 18 heavy (non-hydrogen) atoms. The van der Waals surface area contributed by atoms with Gasteiger partial charge in [-0.05, 0) is 31.5 Å². The number of hydrogen-bond donors (Lipinski definition) is 2. The number of nitrogens with two attached hydrogens (primary N) is 1. The summed E-state index contributed by atoms with van der Waals surface area (Å²) in [6, 6.07) is 5.38. The van der Waals surface area contributed by atoms with Crippen LogP contribution in [0.4, 0.5) is 4.39 Å². The molecule has 0 radical (unpaired) electrons. The van der Waals surface area contributed by atoms with Gasteiger partial charge in [-0.1, -0.05) is 12.1 Å². The molecule has 1 aromatic rings. The first-order chi connectivity index (χ1) is 8.36. The zero-order valence-electron chi connectivity index (χ0n) is 10.9. The maximum absolute atomic E-state index is 13.2. The molecule has 4 nitrogen and oxygen atoms in total. The fourth-order valence-electron chi connectivity index (χ4n) is 1.61. The molecule has 0 saturated heterocycles. The Bertz CT molecular complexity index is 421. The van der Waals surface area contributed by atoms with Crippen molar-refractivity contribution in [1.29, 1.82) is 0 Å². The highest BCUT2D eigenvalue weighted by Gasteiger charge is 2.25. The molecule has 5 heteroatoms. The number of carbonyl (C=O) groups excluding carboxylic acids is 1. The van der Waals surface area contributed by atoms with E-state index in [-0.39, 0.29) is 18.3 Å². The zero-order valence-corrected chi connectivity index (χ0v) is 10.9. The van der Waals surface area contributed by atoms with Crippen molar-refractivity contribution in [2.75, 3.05) is 13.7 Å². The molecule has 0 saturated carbocycles. The monoisotopic (exact) mass is 254 g/mol. The van der Waals surface area contributed by atoms with Gasteiger partial charge >= 0.3 is 0 Å². The number of carbonyl (C=O) groups is 1. The molecule has 100 valence electrons. The van der Waals surface area contributed by atoms with Gasteiger partial charge in [-0.2, -0.15) is 0 Å². The van der Waals surface area contributed by atoms with E-state index in [2.05, 4.69) is 5.32 Å². The molecule has 0 aliphatic rings. The highest BCUT2D eigenvalue weighted by molar-refractivity contribution is 5.82. The second kappa shape index (κ2) is 5.93. The largest absolute Gasteiger partial charge is 0.383 e. The molecule has 3 N–H and O–H groups in total. The molecule has 0 spiro atoms. The first-order valence-corrected chi connectivity index (χ1v) is 5.69. The Morgan fingerprint density at radius 1 is 1.56 bits per heavy atom. The Morgan fingerprint density at radius 2 is 2.22 bits per heavy atom. The summed E-state index contributed by atoms with van der Waals surface area (Å²) in [7, 11) is 1.48. The summed E-state index contributed by atoms with van der Waals surface area (Å²) in [5.41, 5.74) is 5.62. The molecular formula is C13H19FN2O2. The molecule has 1 aromatic carbocycles. The number of methoxy groups -OCH3 is 1. The minimum absolute atomic E-state index is 0.144. The van der Waals surface area contributed by atoms with Crippen LogP contribution < -0.4 is 11.1 Å². The summed E-state index contributed by atoms with van der Waals surface area (Å²) in [5.74, 6) is -0.665. The average molecular weight is 254 g/mol. The van der Waals surface area contributed by atoms with Gasteiger partial charge in [0.1, 0.15) is 11.9 Å². The maximum Gasteiger partial charge on any atom is 0.239 e. The topological polar surface area (TPSA) is 64.3 Å². The minimum atomic E-state index is -0.733. The second-order valence-electron chi connectivity index (χ2n) is 4.69. The van der Waals surface area contributed by atoms with E-state index in [4.69, 9.17) is 10.5 Å². The minimum Gasteiger partial charge on any atom is -0.383 e. The van der Waals surface area contributed by atoms with Gasteiger partial charge in [-0.3, -0.25) is 4.79 Å². The van der Waals surface area contributed by atoms with Crippen LogP contribution in [0.5, 0.6) is 0 Å². The number of amides is 1. The smallest absolute Gasteiger partial charge is 0.239 e. The Kier molecular flexibility index (Phi) is 4.81. The van der Waals surface area contributed by atoms with Crippen molar-refractivity contribution < 1.29 is 13.9 Å². The fraction of sp³-hybridized carbons (Fsp3) is 0.462. The van der Waals surface area contributed by atoms with E-state index in [1.54, 1.807) is 26.0 Å². The lowest BCUT2D eigenvalue weighted by Gasteiger charge is -2.28. The third-order valence-corrected chi connectivity index (χ3v) is 2.67. The quantitative estimate of drug-likeness (QED) is 0.828. The molecule has 0 heterocycles. The average Bonchev–Trinajstić information content (AvgIpc) is 2.28. The molecule has 1 amide bonds. The molecule has 0 aromatic heterocycles.